The van der Waals surface area contributed by atoms with Crippen LogP contribution in [0.4, 0.5) is 0 Å². The number of hydrogen-bond donors (Lipinski definition) is 1. The molecule has 2 rings (SSSR count). The van der Waals surface area contributed by atoms with Crippen LogP contribution in [0.25, 0.3) is 0 Å². The SMILES string of the molecule is COc1nccnc1C(N)CCc1ccccc1. The Bertz CT molecular complexity index is 487. The van der Waals surface area contributed by atoms with Crippen molar-refractivity contribution in [1.82, 2.24) is 9.97 Å². The Hall–Kier alpha value is -1.94. The molecule has 0 aliphatic rings. The molecule has 1 aromatic carbocycles. The van der Waals surface area contributed by atoms with E-state index in [0.717, 1.165) is 18.5 Å². The number of aromatic nitrogens is 2. The van der Waals surface area contributed by atoms with Gasteiger partial charge in [-0.25, -0.2) is 4.98 Å². The number of hydrogen-bond acceptors (Lipinski definition) is 4. The fraction of sp³-hybridized carbons (Fsp3) is 0.286. The maximum absolute atomic E-state index is 6.14. The van der Waals surface area contributed by atoms with Crippen molar-refractivity contribution in [2.45, 2.75) is 18.9 Å². The number of nitrogens with two attached hydrogens (primary N) is 1. The van der Waals surface area contributed by atoms with Crippen molar-refractivity contribution in [2.24, 2.45) is 5.73 Å². The summed E-state index contributed by atoms with van der Waals surface area (Å²) in [5.74, 6) is 0.512. The highest BCUT2D eigenvalue weighted by Crippen LogP contribution is 2.21. The molecule has 0 spiro atoms. The molecular formula is C14H17N3O. The van der Waals surface area contributed by atoms with E-state index >= 15 is 0 Å². The first-order valence-electron chi connectivity index (χ1n) is 5.95. The summed E-state index contributed by atoms with van der Waals surface area (Å²) in [5, 5.41) is 0. The molecule has 0 bridgehead atoms. The van der Waals surface area contributed by atoms with Gasteiger partial charge in [-0.05, 0) is 18.4 Å². The van der Waals surface area contributed by atoms with Crippen LogP contribution in [0.1, 0.15) is 23.7 Å². The molecule has 2 aromatic rings. The molecule has 4 heteroatoms. The molecule has 94 valence electrons. The van der Waals surface area contributed by atoms with E-state index in [0.29, 0.717) is 5.88 Å². The average Bonchev–Trinajstić information content (AvgIpc) is 2.45. The highest BCUT2D eigenvalue weighted by Gasteiger charge is 2.14. The van der Waals surface area contributed by atoms with Crippen LogP contribution in [-0.2, 0) is 6.42 Å². The van der Waals surface area contributed by atoms with E-state index in [2.05, 4.69) is 22.1 Å². The van der Waals surface area contributed by atoms with Crippen LogP contribution in [0.5, 0.6) is 5.88 Å². The van der Waals surface area contributed by atoms with Gasteiger partial charge in [0.15, 0.2) is 0 Å². The van der Waals surface area contributed by atoms with Crippen molar-refractivity contribution in [3.05, 3.63) is 54.0 Å². The second-order valence-corrected chi connectivity index (χ2v) is 4.08. The Kier molecular flexibility index (Phi) is 4.25. The number of aryl methyl sites for hydroxylation is 1. The largest absolute Gasteiger partial charge is 0.480 e. The van der Waals surface area contributed by atoms with Gasteiger partial charge in [-0.3, -0.25) is 4.98 Å². The zero-order chi connectivity index (χ0) is 12.8. The van der Waals surface area contributed by atoms with E-state index in [9.17, 15) is 0 Å². The van der Waals surface area contributed by atoms with Crippen molar-refractivity contribution in [3.63, 3.8) is 0 Å². The Morgan fingerprint density at radius 2 is 1.89 bits per heavy atom. The first-order chi connectivity index (χ1) is 8.81. The molecule has 1 aromatic heterocycles. The van der Waals surface area contributed by atoms with Crippen LogP contribution in [0.3, 0.4) is 0 Å². The third-order valence-electron chi connectivity index (χ3n) is 2.82. The number of rotatable bonds is 5. The molecule has 18 heavy (non-hydrogen) atoms. The van der Waals surface area contributed by atoms with Crippen LogP contribution in [0, 0.1) is 0 Å². The molecule has 4 nitrogen and oxygen atoms in total. The molecular weight excluding hydrogens is 226 g/mol. The minimum absolute atomic E-state index is 0.158. The van der Waals surface area contributed by atoms with Gasteiger partial charge in [-0.2, -0.15) is 0 Å². The molecule has 1 atom stereocenters. The summed E-state index contributed by atoms with van der Waals surface area (Å²) in [6.07, 6.45) is 4.98. The summed E-state index contributed by atoms with van der Waals surface area (Å²) in [4.78, 5) is 8.36. The van der Waals surface area contributed by atoms with Gasteiger partial charge in [0.05, 0.1) is 13.2 Å². The second-order valence-electron chi connectivity index (χ2n) is 4.08. The van der Waals surface area contributed by atoms with Crippen molar-refractivity contribution < 1.29 is 4.74 Å². The number of methoxy groups -OCH3 is 1. The minimum Gasteiger partial charge on any atom is -0.480 e. The Morgan fingerprint density at radius 3 is 2.61 bits per heavy atom. The molecule has 2 N–H and O–H groups in total. The van der Waals surface area contributed by atoms with Crippen molar-refractivity contribution in [1.29, 1.82) is 0 Å². The molecule has 0 aliphatic carbocycles. The lowest BCUT2D eigenvalue weighted by atomic mass is 10.0. The molecule has 1 heterocycles. The number of nitrogens with zero attached hydrogens (tertiary/aromatic N) is 2. The smallest absolute Gasteiger partial charge is 0.236 e. The van der Waals surface area contributed by atoms with Gasteiger partial charge in [-0.15, -0.1) is 0 Å². The third-order valence-corrected chi connectivity index (χ3v) is 2.82. The Balaban J connectivity index is 2.01. The van der Waals surface area contributed by atoms with Gasteiger partial charge in [0.25, 0.3) is 0 Å². The summed E-state index contributed by atoms with van der Waals surface area (Å²) in [6.45, 7) is 0. The van der Waals surface area contributed by atoms with E-state index < -0.39 is 0 Å². The lowest BCUT2D eigenvalue weighted by Crippen LogP contribution is -2.15. The summed E-state index contributed by atoms with van der Waals surface area (Å²) in [5.41, 5.74) is 8.13. The van der Waals surface area contributed by atoms with E-state index in [4.69, 9.17) is 10.5 Å². The van der Waals surface area contributed by atoms with Crippen molar-refractivity contribution >= 4 is 0 Å². The number of ether oxygens (including phenoxy) is 1. The van der Waals surface area contributed by atoms with Gasteiger partial charge < -0.3 is 10.5 Å². The fourth-order valence-corrected chi connectivity index (χ4v) is 1.85. The highest BCUT2D eigenvalue weighted by molar-refractivity contribution is 5.21. The average molecular weight is 243 g/mol. The van der Waals surface area contributed by atoms with E-state index in [1.54, 1.807) is 19.5 Å². The Morgan fingerprint density at radius 1 is 1.17 bits per heavy atom. The monoisotopic (exact) mass is 243 g/mol. The quantitative estimate of drug-likeness (QED) is 0.873. The fourth-order valence-electron chi connectivity index (χ4n) is 1.85. The van der Waals surface area contributed by atoms with Crippen LogP contribution in [0.15, 0.2) is 42.7 Å². The first-order valence-corrected chi connectivity index (χ1v) is 5.95. The Labute approximate surface area is 107 Å². The van der Waals surface area contributed by atoms with E-state index in [1.807, 2.05) is 18.2 Å². The lowest BCUT2D eigenvalue weighted by Gasteiger charge is -2.13. The van der Waals surface area contributed by atoms with Crippen LogP contribution in [-0.4, -0.2) is 17.1 Å². The standard InChI is InChI=1S/C14H17N3O/c1-18-14-13(16-9-10-17-14)12(15)8-7-11-5-3-2-4-6-11/h2-6,9-10,12H,7-8,15H2,1H3. The molecule has 0 saturated carbocycles. The maximum Gasteiger partial charge on any atom is 0.236 e. The van der Waals surface area contributed by atoms with Gasteiger partial charge >= 0.3 is 0 Å². The van der Waals surface area contributed by atoms with Gasteiger partial charge in [0.1, 0.15) is 5.69 Å². The van der Waals surface area contributed by atoms with E-state index in [1.165, 1.54) is 5.56 Å². The zero-order valence-corrected chi connectivity index (χ0v) is 10.4. The topological polar surface area (TPSA) is 61.0 Å². The molecule has 0 saturated heterocycles. The van der Waals surface area contributed by atoms with Crippen molar-refractivity contribution in [2.75, 3.05) is 7.11 Å². The summed E-state index contributed by atoms with van der Waals surface area (Å²) in [6, 6.07) is 10.1. The zero-order valence-electron chi connectivity index (χ0n) is 10.4. The molecule has 1 unspecified atom stereocenters. The van der Waals surface area contributed by atoms with Crippen LogP contribution < -0.4 is 10.5 Å². The molecule has 0 fully saturated rings. The van der Waals surface area contributed by atoms with Gasteiger partial charge in [0, 0.05) is 12.4 Å². The summed E-state index contributed by atoms with van der Waals surface area (Å²) in [7, 11) is 1.58. The molecule has 0 amide bonds. The van der Waals surface area contributed by atoms with Gasteiger partial charge in [-0.1, -0.05) is 30.3 Å². The van der Waals surface area contributed by atoms with E-state index in [-0.39, 0.29) is 6.04 Å². The molecule has 0 radical (unpaired) electrons. The predicted molar refractivity (Wildman–Crippen MR) is 70.3 cm³/mol. The predicted octanol–water partition coefficient (Wildman–Crippen LogP) is 2.12. The minimum atomic E-state index is -0.158. The van der Waals surface area contributed by atoms with Crippen LogP contribution in [0.2, 0.25) is 0 Å². The summed E-state index contributed by atoms with van der Waals surface area (Å²) >= 11 is 0. The first kappa shape index (κ1) is 12.5. The normalized spacial score (nSPS) is 12.1. The second kappa shape index (κ2) is 6.12. The van der Waals surface area contributed by atoms with Gasteiger partial charge in [0.2, 0.25) is 5.88 Å². The molecule has 0 aliphatic heterocycles. The third kappa shape index (κ3) is 3.05. The lowest BCUT2D eigenvalue weighted by molar-refractivity contribution is 0.383. The number of benzene rings is 1. The van der Waals surface area contributed by atoms with Crippen LogP contribution >= 0.6 is 0 Å². The maximum atomic E-state index is 6.14. The van der Waals surface area contributed by atoms with Crippen molar-refractivity contribution in [3.8, 4) is 5.88 Å². The highest BCUT2D eigenvalue weighted by atomic mass is 16.5. The summed E-state index contributed by atoms with van der Waals surface area (Å²) < 4.78 is 5.16.